The molecule has 1 aliphatic rings. The number of furan rings is 1. The summed E-state index contributed by atoms with van der Waals surface area (Å²) >= 11 is 6.32. The van der Waals surface area contributed by atoms with Crippen molar-refractivity contribution < 1.29 is 23.8 Å². The second-order valence-electron chi connectivity index (χ2n) is 9.46. The summed E-state index contributed by atoms with van der Waals surface area (Å²) in [5.41, 5.74) is 2.07. The Bertz CT molecular complexity index is 1320. The fourth-order valence-corrected chi connectivity index (χ4v) is 4.52. The number of Topliss-reactive ketones (excluding diaryl/α,β-unsaturated/α-hetero) is 1. The topological polar surface area (TPSA) is 80.0 Å². The maximum atomic E-state index is 13.3. The monoisotopic (exact) mass is 493 g/mol. The lowest BCUT2D eigenvalue weighted by molar-refractivity contribution is -0.132. The van der Waals surface area contributed by atoms with E-state index in [2.05, 4.69) is 0 Å². The van der Waals surface area contributed by atoms with E-state index < -0.39 is 17.7 Å². The minimum Gasteiger partial charge on any atom is -0.507 e. The van der Waals surface area contributed by atoms with Crippen LogP contribution in [0.25, 0.3) is 5.76 Å². The van der Waals surface area contributed by atoms with E-state index in [1.807, 2.05) is 27.7 Å². The van der Waals surface area contributed by atoms with Crippen LogP contribution >= 0.6 is 11.6 Å². The van der Waals surface area contributed by atoms with Gasteiger partial charge in [0.05, 0.1) is 18.4 Å². The molecule has 1 aliphatic heterocycles. The summed E-state index contributed by atoms with van der Waals surface area (Å²) in [6.07, 6.45) is 1.47. The standard InChI is InChI=1S/C28H28ClNO5/c1-6-34-21-13-12-17(15-18(21)28(3,4)5)25(31)23-24(22-11-8-14-35-22)30(27(33)26(23)32)20-10-7-9-19(29)16(20)2/h7-15,24,31H,6H2,1-5H3/b25-23-. The van der Waals surface area contributed by atoms with Gasteiger partial charge in [0.15, 0.2) is 0 Å². The molecule has 2 aromatic carbocycles. The number of ether oxygens (including phenoxy) is 1. The van der Waals surface area contributed by atoms with Crippen molar-refractivity contribution in [1.82, 2.24) is 0 Å². The van der Waals surface area contributed by atoms with E-state index in [-0.39, 0.29) is 16.7 Å². The molecule has 2 heterocycles. The van der Waals surface area contributed by atoms with Gasteiger partial charge in [0.2, 0.25) is 0 Å². The van der Waals surface area contributed by atoms with E-state index in [0.717, 1.165) is 5.56 Å². The van der Waals surface area contributed by atoms with Gasteiger partial charge in [0.1, 0.15) is 23.3 Å². The zero-order valence-corrected chi connectivity index (χ0v) is 21.1. The van der Waals surface area contributed by atoms with Crippen LogP contribution in [0.1, 0.15) is 56.2 Å². The summed E-state index contributed by atoms with van der Waals surface area (Å²) in [6.45, 7) is 10.3. The number of aliphatic hydroxyl groups is 1. The third-order valence-electron chi connectivity index (χ3n) is 6.12. The number of amides is 1. The highest BCUT2D eigenvalue weighted by Gasteiger charge is 2.48. The molecular weight excluding hydrogens is 466 g/mol. The Hall–Kier alpha value is -3.51. The van der Waals surface area contributed by atoms with Gasteiger partial charge < -0.3 is 14.3 Å². The largest absolute Gasteiger partial charge is 0.507 e. The molecule has 4 rings (SSSR count). The summed E-state index contributed by atoms with van der Waals surface area (Å²) in [6, 6.07) is 12.8. The second kappa shape index (κ2) is 9.27. The van der Waals surface area contributed by atoms with Gasteiger partial charge in [-0.25, -0.2) is 0 Å². The van der Waals surface area contributed by atoms with Crippen molar-refractivity contribution >= 4 is 34.7 Å². The van der Waals surface area contributed by atoms with Crippen molar-refractivity contribution in [3.05, 3.63) is 87.8 Å². The third kappa shape index (κ3) is 4.34. The predicted molar refractivity (Wildman–Crippen MR) is 136 cm³/mol. The summed E-state index contributed by atoms with van der Waals surface area (Å²) in [5.74, 6) is -0.781. The van der Waals surface area contributed by atoms with Crippen molar-refractivity contribution in [2.45, 2.75) is 46.1 Å². The van der Waals surface area contributed by atoms with Crippen molar-refractivity contribution in [1.29, 1.82) is 0 Å². The molecule has 7 heteroatoms. The first-order valence-corrected chi connectivity index (χ1v) is 11.8. The number of ketones is 1. The normalized spacial score (nSPS) is 17.8. The molecule has 1 amide bonds. The molecule has 3 aromatic rings. The highest BCUT2D eigenvalue weighted by molar-refractivity contribution is 6.52. The van der Waals surface area contributed by atoms with Crippen LogP contribution in [-0.2, 0) is 15.0 Å². The van der Waals surface area contributed by atoms with Crippen molar-refractivity contribution in [2.24, 2.45) is 0 Å². The lowest BCUT2D eigenvalue weighted by Crippen LogP contribution is -2.30. The minimum absolute atomic E-state index is 0.0478. The molecular formula is C28H28ClNO5. The van der Waals surface area contributed by atoms with Gasteiger partial charge in [-0.15, -0.1) is 0 Å². The molecule has 35 heavy (non-hydrogen) atoms. The number of rotatable bonds is 5. The number of benzene rings is 2. The van der Waals surface area contributed by atoms with Gasteiger partial charge in [-0.2, -0.15) is 0 Å². The van der Waals surface area contributed by atoms with Crippen molar-refractivity contribution in [2.75, 3.05) is 11.5 Å². The van der Waals surface area contributed by atoms with E-state index in [1.54, 1.807) is 55.5 Å². The van der Waals surface area contributed by atoms with Gasteiger partial charge in [-0.3, -0.25) is 14.5 Å². The number of anilines is 1. The molecule has 1 aromatic heterocycles. The Labute approximate surface area is 209 Å². The lowest BCUT2D eigenvalue weighted by atomic mass is 9.84. The van der Waals surface area contributed by atoms with Gasteiger partial charge in [-0.1, -0.05) is 38.4 Å². The molecule has 1 unspecified atom stereocenters. The highest BCUT2D eigenvalue weighted by Crippen LogP contribution is 2.44. The summed E-state index contributed by atoms with van der Waals surface area (Å²) < 4.78 is 11.4. The van der Waals surface area contributed by atoms with E-state index >= 15 is 0 Å². The minimum atomic E-state index is -0.952. The molecule has 1 fully saturated rings. The average molecular weight is 494 g/mol. The Kier molecular flexibility index (Phi) is 6.52. The quantitative estimate of drug-likeness (QED) is 0.247. The molecule has 1 saturated heterocycles. The van der Waals surface area contributed by atoms with Crippen LogP contribution in [0.2, 0.25) is 5.02 Å². The van der Waals surface area contributed by atoms with Crippen LogP contribution in [-0.4, -0.2) is 23.4 Å². The number of halogens is 1. The van der Waals surface area contributed by atoms with Crippen molar-refractivity contribution in [3.8, 4) is 5.75 Å². The molecule has 182 valence electrons. The first kappa shape index (κ1) is 24.6. The number of nitrogens with zero attached hydrogens (tertiary/aromatic N) is 1. The fourth-order valence-electron chi connectivity index (χ4n) is 4.35. The number of carbonyl (C=O) groups is 2. The van der Waals surface area contributed by atoms with Crippen molar-refractivity contribution in [3.63, 3.8) is 0 Å². The van der Waals surface area contributed by atoms with E-state index in [4.69, 9.17) is 20.8 Å². The van der Waals surface area contributed by atoms with Crippen LogP contribution in [0.15, 0.2) is 64.8 Å². The van der Waals surface area contributed by atoms with Gasteiger partial charge in [-0.05, 0) is 67.3 Å². The van der Waals surface area contributed by atoms with Crippen LogP contribution in [0, 0.1) is 6.92 Å². The zero-order chi connectivity index (χ0) is 25.5. The molecule has 0 saturated carbocycles. The summed E-state index contributed by atoms with van der Waals surface area (Å²) in [4.78, 5) is 28.0. The van der Waals surface area contributed by atoms with Crippen LogP contribution < -0.4 is 9.64 Å². The maximum absolute atomic E-state index is 13.3. The molecule has 0 bridgehead atoms. The summed E-state index contributed by atoms with van der Waals surface area (Å²) in [5, 5.41) is 11.9. The third-order valence-corrected chi connectivity index (χ3v) is 6.53. The maximum Gasteiger partial charge on any atom is 0.300 e. The Morgan fingerprint density at radius 1 is 1.14 bits per heavy atom. The highest BCUT2D eigenvalue weighted by atomic mass is 35.5. The first-order valence-electron chi connectivity index (χ1n) is 11.4. The Balaban J connectivity index is 1.94. The number of hydrogen-bond donors (Lipinski definition) is 1. The number of hydrogen-bond acceptors (Lipinski definition) is 5. The van der Waals surface area contributed by atoms with E-state index in [0.29, 0.717) is 40.0 Å². The molecule has 1 atom stereocenters. The van der Waals surface area contributed by atoms with Gasteiger partial charge in [0.25, 0.3) is 11.7 Å². The average Bonchev–Trinajstić information content (AvgIpc) is 3.42. The SMILES string of the molecule is CCOc1ccc(/C(O)=C2/C(=O)C(=O)N(c3cccc(Cl)c3C)C2c2ccco2)cc1C(C)(C)C. The van der Waals surface area contributed by atoms with Crippen LogP contribution in [0.5, 0.6) is 5.75 Å². The fraction of sp³-hybridized carbons (Fsp3) is 0.286. The van der Waals surface area contributed by atoms with E-state index in [9.17, 15) is 14.7 Å². The number of carbonyl (C=O) groups excluding carboxylic acids is 2. The van der Waals surface area contributed by atoms with Crippen LogP contribution in [0.4, 0.5) is 5.69 Å². The predicted octanol–water partition coefficient (Wildman–Crippen LogP) is 6.56. The molecule has 1 N–H and O–H groups in total. The lowest BCUT2D eigenvalue weighted by Gasteiger charge is -2.26. The Morgan fingerprint density at radius 2 is 1.89 bits per heavy atom. The van der Waals surface area contributed by atoms with Gasteiger partial charge >= 0.3 is 0 Å². The van der Waals surface area contributed by atoms with Gasteiger partial charge in [0, 0.05) is 21.8 Å². The first-order chi connectivity index (χ1) is 16.6. The number of aliphatic hydroxyl groups excluding tert-OH is 1. The molecule has 0 spiro atoms. The Morgan fingerprint density at radius 3 is 2.51 bits per heavy atom. The van der Waals surface area contributed by atoms with E-state index in [1.165, 1.54) is 11.2 Å². The molecule has 6 nitrogen and oxygen atoms in total. The smallest absolute Gasteiger partial charge is 0.300 e. The second-order valence-corrected chi connectivity index (χ2v) is 9.87. The molecule has 0 aliphatic carbocycles. The summed E-state index contributed by atoms with van der Waals surface area (Å²) in [7, 11) is 0. The zero-order valence-electron chi connectivity index (χ0n) is 20.4. The molecule has 0 radical (unpaired) electrons. The van der Waals surface area contributed by atoms with Crippen LogP contribution in [0.3, 0.4) is 0 Å².